The highest BCUT2D eigenvalue weighted by Crippen LogP contribution is 2.66. The van der Waals surface area contributed by atoms with E-state index in [9.17, 15) is 24.0 Å². The molecule has 1 aliphatic carbocycles. The van der Waals surface area contributed by atoms with Gasteiger partial charge in [-0.05, 0) is 77.6 Å². The third-order valence-corrected chi connectivity index (χ3v) is 10.8. The largest absolute Gasteiger partial charge is 0.378 e. The van der Waals surface area contributed by atoms with Crippen LogP contribution in [-0.2, 0) is 24.0 Å². The molecular formula is C33H35N3O6S. The Kier molecular flexibility index (Phi) is 8.16. The quantitative estimate of drug-likeness (QED) is 0.411. The molecule has 9 nitrogen and oxygen atoms in total. The number of rotatable bonds is 8. The summed E-state index contributed by atoms with van der Waals surface area (Å²) >= 11 is 0. The Morgan fingerprint density at radius 2 is 1.63 bits per heavy atom. The molecule has 43 heavy (non-hydrogen) atoms. The number of carbonyl (C=O) groups excluding carboxylic acids is 5. The number of nitrogens with zero attached hydrogens (tertiary/aromatic N) is 3. The molecule has 224 valence electrons. The smallest absolute Gasteiger partial charge is 0.333 e. The summed E-state index contributed by atoms with van der Waals surface area (Å²) in [7, 11) is 4.13. The van der Waals surface area contributed by atoms with Gasteiger partial charge in [-0.3, -0.25) is 19.2 Å². The Labute approximate surface area is 252 Å². The van der Waals surface area contributed by atoms with E-state index in [-0.39, 0.29) is 37.5 Å². The van der Waals surface area contributed by atoms with Crippen LogP contribution in [0, 0.1) is 0 Å². The molecule has 0 saturated carbocycles. The van der Waals surface area contributed by atoms with Gasteiger partial charge in [0.05, 0.1) is 0 Å². The molecule has 2 aliphatic heterocycles. The summed E-state index contributed by atoms with van der Waals surface area (Å²) in [5.74, 6) is -2.02. The Morgan fingerprint density at radius 1 is 0.930 bits per heavy atom. The number of amides is 3. The maximum Gasteiger partial charge on any atom is 0.333 e. The Bertz CT molecular complexity index is 1640. The number of fused-ring (bicyclic) bond motifs is 2. The second-order valence-corrected chi connectivity index (χ2v) is 14.9. The summed E-state index contributed by atoms with van der Waals surface area (Å²) in [6.45, 7) is 0.260. The van der Waals surface area contributed by atoms with Crippen LogP contribution < -0.4 is 4.90 Å². The zero-order chi connectivity index (χ0) is 31.1. The second kappa shape index (κ2) is 11.7. The summed E-state index contributed by atoms with van der Waals surface area (Å²) in [5, 5.41) is 0.533. The molecular weight excluding hydrogens is 566 g/mol. The summed E-state index contributed by atoms with van der Waals surface area (Å²) < 4.78 is 0. The minimum Gasteiger partial charge on any atom is -0.378 e. The van der Waals surface area contributed by atoms with Crippen molar-refractivity contribution in [1.82, 2.24) is 9.96 Å². The molecule has 1 fully saturated rings. The molecule has 2 aromatic carbocycles. The van der Waals surface area contributed by atoms with Crippen molar-refractivity contribution in [2.75, 3.05) is 45.1 Å². The minimum absolute atomic E-state index is 0.0321. The molecule has 0 spiro atoms. The van der Waals surface area contributed by atoms with Crippen LogP contribution in [0.5, 0.6) is 0 Å². The Balaban J connectivity index is 1.44. The minimum atomic E-state index is -1.54. The van der Waals surface area contributed by atoms with Gasteiger partial charge < -0.3 is 14.6 Å². The number of hydrogen-bond acceptors (Lipinski definition) is 7. The van der Waals surface area contributed by atoms with E-state index in [0.29, 0.717) is 17.0 Å². The van der Waals surface area contributed by atoms with Crippen molar-refractivity contribution in [3.05, 3.63) is 87.9 Å². The number of imide groups is 1. The standard InChI is InChI=1S/C33H35N3O6S/c1-34(2)21-12-14-25-27(19-21)43(4,5)28-20-22(37)13-15-26(28)32(25)23-9-6-7-10-24(23)33(41)35(3)18-8-11-31(40)42-36-29(38)16-17-30(36)39/h6-7,9-10,12-15,19-20H,8,11,16-18H2,1-5H3. The first-order chi connectivity index (χ1) is 20.4. The molecule has 1 saturated heterocycles. The second-order valence-electron chi connectivity index (χ2n) is 11.4. The lowest BCUT2D eigenvalue weighted by molar-refractivity contribution is -0.197. The molecule has 0 aromatic heterocycles. The Morgan fingerprint density at radius 3 is 2.33 bits per heavy atom. The summed E-state index contributed by atoms with van der Waals surface area (Å²) in [5.41, 5.74) is 5.21. The number of hydrogen-bond donors (Lipinski definition) is 0. The average molecular weight is 602 g/mol. The molecule has 5 rings (SSSR count). The normalized spacial score (nSPS) is 17.7. The topological polar surface area (TPSA) is 104 Å². The van der Waals surface area contributed by atoms with Crippen molar-refractivity contribution in [3.8, 4) is 0 Å². The third kappa shape index (κ3) is 5.67. The van der Waals surface area contributed by atoms with Crippen molar-refractivity contribution in [2.45, 2.75) is 30.6 Å². The van der Waals surface area contributed by atoms with Crippen LogP contribution in [0.15, 0.2) is 76.1 Å². The molecule has 0 atom stereocenters. The van der Waals surface area contributed by atoms with Crippen molar-refractivity contribution in [1.29, 1.82) is 0 Å². The van der Waals surface area contributed by atoms with Crippen LogP contribution in [0.3, 0.4) is 0 Å². The maximum absolute atomic E-state index is 13.8. The zero-order valence-electron chi connectivity index (χ0n) is 25.0. The van der Waals surface area contributed by atoms with Crippen LogP contribution in [0.4, 0.5) is 5.69 Å². The summed E-state index contributed by atoms with van der Waals surface area (Å²) in [6, 6.07) is 13.8. The zero-order valence-corrected chi connectivity index (χ0v) is 25.8. The SMILES string of the molecule is CN(CCCC(=O)ON1C(=O)CCC1=O)C(=O)c1ccccc1C1=C2C=CC(=O)C=C2S(C)(C)c2cc(N(C)C)ccc21. The van der Waals surface area contributed by atoms with E-state index in [4.69, 9.17) is 4.84 Å². The molecule has 10 heteroatoms. The molecule has 2 heterocycles. The lowest BCUT2D eigenvalue weighted by Gasteiger charge is -2.43. The van der Waals surface area contributed by atoms with E-state index in [2.05, 4.69) is 35.6 Å². The number of anilines is 1. The van der Waals surface area contributed by atoms with Crippen molar-refractivity contribution >= 4 is 50.8 Å². The molecule has 3 aliphatic rings. The predicted molar refractivity (Wildman–Crippen MR) is 167 cm³/mol. The van der Waals surface area contributed by atoms with Gasteiger partial charge >= 0.3 is 5.97 Å². The van der Waals surface area contributed by atoms with Crippen LogP contribution >= 0.6 is 10.0 Å². The first kappa shape index (κ1) is 30.0. The molecule has 0 radical (unpaired) electrons. The number of ketones is 1. The fourth-order valence-corrected chi connectivity index (χ4v) is 8.07. The predicted octanol–water partition coefficient (Wildman–Crippen LogP) is 4.47. The average Bonchev–Trinajstić information content (AvgIpc) is 3.29. The number of hydroxylamine groups is 2. The van der Waals surface area contributed by atoms with Crippen LogP contribution in [0.1, 0.15) is 47.2 Å². The van der Waals surface area contributed by atoms with Crippen LogP contribution in [0.25, 0.3) is 5.57 Å². The van der Waals surface area contributed by atoms with E-state index in [0.717, 1.165) is 37.8 Å². The highest BCUT2D eigenvalue weighted by atomic mass is 32.3. The molecule has 0 N–H and O–H groups in total. The number of allylic oxidation sites excluding steroid dienone is 4. The fraction of sp³-hybridized carbons (Fsp3) is 0.303. The number of carbonyl (C=O) groups is 5. The van der Waals surface area contributed by atoms with E-state index in [1.807, 2.05) is 38.4 Å². The fourth-order valence-electron chi connectivity index (χ4n) is 5.56. The van der Waals surface area contributed by atoms with Gasteiger partial charge in [0, 0.05) is 68.0 Å². The summed E-state index contributed by atoms with van der Waals surface area (Å²) in [6.07, 6.45) is 9.88. The van der Waals surface area contributed by atoms with Gasteiger partial charge in [-0.2, -0.15) is 10.0 Å². The monoisotopic (exact) mass is 601 g/mol. The third-order valence-electron chi connectivity index (χ3n) is 7.92. The van der Waals surface area contributed by atoms with E-state index < -0.39 is 27.8 Å². The molecule has 0 unspecified atom stereocenters. The van der Waals surface area contributed by atoms with Crippen molar-refractivity contribution < 1.29 is 28.8 Å². The lowest BCUT2D eigenvalue weighted by atomic mass is 9.87. The summed E-state index contributed by atoms with van der Waals surface area (Å²) in [4.78, 5) is 72.8. The Hall–Kier alpha value is -4.44. The van der Waals surface area contributed by atoms with Gasteiger partial charge in [0.2, 0.25) is 0 Å². The first-order valence-electron chi connectivity index (χ1n) is 14.0. The molecule has 0 bridgehead atoms. The maximum atomic E-state index is 13.8. The number of benzene rings is 2. The van der Waals surface area contributed by atoms with Gasteiger partial charge in [-0.25, -0.2) is 4.79 Å². The van der Waals surface area contributed by atoms with Crippen molar-refractivity contribution in [3.63, 3.8) is 0 Å². The van der Waals surface area contributed by atoms with Gasteiger partial charge in [0.25, 0.3) is 17.7 Å². The van der Waals surface area contributed by atoms with E-state index >= 15 is 0 Å². The lowest BCUT2D eigenvalue weighted by Crippen LogP contribution is -2.33. The van der Waals surface area contributed by atoms with Crippen LogP contribution in [0.2, 0.25) is 0 Å². The van der Waals surface area contributed by atoms with Gasteiger partial charge in [0.15, 0.2) is 5.78 Å². The first-order valence-corrected chi connectivity index (χ1v) is 16.5. The van der Waals surface area contributed by atoms with E-state index in [1.54, 1.807) is 30.2 Å². The van der Waals surface area contributed by atoms with E-state index in [1.165, 1.54) is 0 Å². The highest BCUT2D eigenvalue weighted by molar-refractivity contribution is 8.36. The van der Waals surface area contributed by atoms with Crippen molar-refractivity contribution in [2.24, 2.45) is 0 Å². The highest BCUT2D eigenvalue weighted by Gasteiger charge is 2.37. The van der Waals surface area contributed by atoms with Gasteiger partial charge in [-0.1, -0.05) is 24.3 Å². The van der Waals surface area contributed by atoms with Crippen LogP contribution in [-0.4, -0.2) is 79.6 Å². The molecule has 2 aromatic rings. The van der Waals surface area contributed by atoms with Gasteiger partial charge in [0.1, 0.15) is 0 Å². The molecule has 3 amide bonds. The van der Waals surface area contributed by atoms with Gasteiger partial charge in [-0.15, -0.1) is 5.06 Å².